The van der Waals surface area contributed by atoms with Gasteiger partial charge in [0, 0.05) is 17.6 Å². The van der Waals surface area contributed by atoms with Crippen LogP contribution in [0.1, 0.15) is 42.3 Å². The minimum absolute atomic E-state index is 0.130. The second-order valence-electron chi connectivity index (χ2n) is 5.78. The summed E-state index contributed by atoms with van der Waals surface area (Å²) in [5.41, 5.74) is 0.919. The van der Waals surface area contributed by atoms with Crippen molar-refractivity contribution in [3.05, 3.63) is 71.4 Å². The molecule has 7 heteroatoms. The molecule has 0 spiro atoms. The van der Waals surface area contributed by atoms with E-state index in [9.17, 15) is 18.0 Å². The molecule has 0 aliphatic heterocycles. The van der Waals surface area contributed by atoms with Gasteiger partial charge < -0.3 is 9.47 Å². The van der Waals surface area contributed by atoms with Crippen LogP contribution >= 0.6 is 0 Å². The van der Waals surface area contributed by atoms with Gasteiger partial charge in [0.25, 0.3) is 0 Å². The molecule has 0 saturated carbocycles. The molecule has 0 aliphatic rings. The molecule has 0 atom stereocenters. The lowest BCUT2D eigenvalue weighted by atomic mass is 10.1. The molecule has 0 unspecified atom stereocenters. The van der Waals surface area contributed by atoms with E-state index in [1.54, 1.807) is 31.2 Å². The molecule has 4 nitrogen and oxygen atoms in total. The molecular formula is C22H22F3NO3. The van der Waals surface area contributed by atoms with Crippen LogP contribution in [-0.2, 0) is 17.5 Å². The van der Waals surface area contributed by atoms with Gasteiger partial charge in [-0.25, -0.2) is 4.79 Å². The van der Waals surface area contributed by atoms with Gasteiger partial charge in [0.2, 0.25) is 0 Å². The fourth-order valence-corrected chi connectivity index (χ4v) is 2.47. The standard InChI is InChI=1S/C20H16F3NO3.C2H6/c1-2-26-19(25)15-9-14-5-8-17(10-18(14)24-11-15)27-12-13-3-6-16(7-4-13)20(21,22)23;1-2/h3-11H,2,12H2,1H3;1-2H3. The lowest BCUT2D eigenvalue weighted by molar-refractivity contribution is -0.137. The molecule has 3 aromatic rings. The summed E-state index contributed by atoms with van der Waals surface area (Å²) in [6.07, 6.45) is -2.92. The number of esters is 1. The molecule has 0 radical (unpaired) electrons. The van der Waals surface area contributed by atoms with Crippen molar-refractivity contribution in [1.82, 2.24) is 4.98 Å². The van der Waals surface area contributed by atoms with Crippen molar-refractivity contribution in [3.63, 3.8) is 0 Å². The summed E-state index contributed by atoms with van der Waals surface area (Å²) < 4.78 is 48.3. The van der Waals surface area contributed by atoms with Crippen molar-refractivity contribution >= 4 is 16.9 Å². The van der Waals surface area contributed by atoms with Gasteiger partial charge in [-0.05, 0) is 42.8 Å². The summed E-state index contributed by atoms with van der Waals surface area (Å²) in [5, 5.41) is 0.752. The second kappa shape index (κ2) is 9.91. The van der Waals surface area contributed by atoms with Gasteiger partial charge in [-0.15, -0.1) is 0 Å². The van der Waals surface area contributed by atoms with Gasteiger partial charge in [-0.3, -0.25) is 4.98 Å². The molecule has 0 saturated heterocycles. The predicted octanol–water partition coefficient (Wildman–Crippen LogP) is 6.04. The molecule has 154 valence electrons. The molecule has 3 rings (SSSR count). The average molecular weight is 405 g/mol. The van der Waals surface area contributed by atoms with Crippen molar-refractivity contribution in [2.75, 3.05) is 6.61 Å². The number of carbonyl (C=O) groups is 1. The smallest absolute Gasteiger partial charge is 0.416 e. The van der Waals surface area contributed by atoms with Crippen LogP contribution in [0.3, 0.4) is 0 Å². The highest BCUT2D eigenvalue weighted by atomic mass is 19.4. The summed E-state index contributed by atoms with van der Waals surface area (Å²) in [6, 6.07) is 11.7. The fraction of sp³-hybridized carbons (Fsp3) is 0.273. The number of hydrogen-bond donors (Lipinski definition) is 0. The van der Waals surface area contributed by atoms with Gasteiger partial charge in [0.1, 0.15) is 12.4 Å². The number of rotatable bonds is 5. The van der Waals surface area contributed by atoms with E-state index in [-0.39, 0.29) is 13.2 Å². The normalized spacial score (nSPS) is 10.8. The van der Waals surface area contributed by atoms with Crippen molar-refractivity contribution in [1.29, 1.82) is 0 Å². The molecule has 2 aromatic carbocycles. The SMILES string of the molecule is CC.CCOC(=O)c1cnc2cc(OCc3ccc(C(F)(F)F)cc3)ccc2c1. The summed E-state index contributed by atoms with van der Waals surface area (Å²) in [6.45, 7) is 6.14. The topological polar surface area (TPSA) is 48.4 Å². The summed E-state index contributed by atoms with van der Waals surface area (Å²) in [7, 11) is 0. The number of alkyl halides is 3. The van der Waals surface area contributed by atoms with Crippen LogP contribution < -0.4 is 4.74 Å². The first-order valence-corrected chi connectivity index (χ1v) is 9.22. The number of nitrogens with zero attached hydrogens (tertiary/aromatic N) is 1. The zero-order valence-corrected chi connectivity index (χ0v) is 16.4. The maximum absolute atomic E-state index is 12.6. The van der Waals surface area contributed by atoms with Crippen LogP contribution in [0.25, 0.3) is 10.9 Å². The molecule has 0 N–H and O–H groups in total. The average Bonchev–Trinajstić information content (AvgIpc) is 2.73. The van der Waals surface area contributed by atoms with E-state index < -0.39 is 17.7 Å². The van der Waals surface area contributed by atoms with Gasteiger partial charge in [-0.1, -0.05) is 26.0 Å². The maximum Gasteiger partial charge on any atom is 0.416 e. The third kappa shape index (κ3) is 5.94. The first-order valence-electron chi connectivity index (χ1n) is 9.22. The Morgan fingerprint density at radius 3 is 2.34 bits per heavy atom. The Morgan fingerprint density at radius 1 is 1.03 bits per heavy atom. The fourth-order valence-electron chi connectivity index (χ4n) is 2.47. The molecule has 0 fully saturated rings. The number of carbonyl (C=O) groups excluding carboxylic acids is 1. The van der Waals surface area contributed by atoms with E-state index in [4.69, 9.17) is 9.47 Å². The van der Waals surface area contributed by atoms with Crippen molar-refractivity contribution in [2.45, 2.75) is 33.6 Å². The number of aromatic nitrogens is 1. The highest BCUT2D eigenvalue weighted by molar-refractivity contribution is 5.93. The molecular weight excluding hydrogens is 383 g/mol. The highest BCUT2D eigenvalue weighted by Crippen LogP contribution is 2.29. The third-order valence-corrected chi connectivity index (χ3v) is 3.85. The van der Waals surface area contributed by atoms with Crippen LogP contribution in [0, 0.1) is 0 Å². The minimum atomic E-state index is -4.36. The van der Waals surface area contributed by atoms with Crippen LogP contribution in [0.4, 0.5) is 13.2 Å². The van der Waals surface area contributed by atoms with Crippen LogP contribution in [-0.4, -0.2) is 17.6 Å². The maximum atomic E-state index is 12.6. The number of benzene rings is 2. The lowest BCUT2D eigenvalue weighted by Gasteiger charge is -2.10. The van der Waals surface area contributed by atoms with E-state index in [0.29, 0.717) is 22.4 Å². The number of pyridine rings is 1. The summed E-state index contributed by atoms with van der Waals surface area (Å²) >= 11 is 0. The van der Waals surface area contributed by atoms with E-state index in [2.05, 4.69) is 4.98 Å². The van der Waals surface area contributed by atoms with Gasteiger partial charge in [0.05, 0.1) is 23.3 Å². The Balaban J connectivity index is 0.00000145. The lowest BCUT2D eigenvalue weighted by Crippen LogP contribution is -2.05. The first kappa shape index (κ1) is 22.2. The second-order valence-corrected chi connectivity index (χ2v) is 5.78. The molecule has 29 heavy (non-hydrogen) atoms. The van der Waals surface area contributed by atoms with Crippen molar-refractivity contribution in [2.24, 2.45) is 0 Å². The number of ether oxygens (including phenoxy) is 2. The molecule has 1 heterocycles. The van der Waals surface area contributed by atoms with Crippen LogP contribution in [0.15, 0.2) is 54.7 Å². The zero-order chi connectivity index (χ0) is 21.4. The van der Waals surface area contributed by atoms with E-state index in [1.165, 1.54) is 18.3 Å². The Bertz CT molecular complexity index is 954. The third-order valence-electron chi connectivity index (χ3n) is 3.85. The highest BCUT2D eigenvalue weighted by Gasteiger charge is 2.29. The number of hydrogen-bond acceptors (Lipinski definition) is 4. The Hall–Kier alpha value is -3.09. The minimum Gasteiger partial charge on any atom is -0.489 e. The number of fused-ring (bicyclic) bond motifs is 1. The van der Waals surface area contributed by atoms with Crippen molar-refractivity contribution < 1.29 is 27.4 Å². The van der Waals surface area contributed by atoms with Gasteiger partial charge in [0.15, 0.2) is 0 Å². The van der Waals surface area contributed by atoms with Gasteiger partial charge >= 0.3 is 12.1 Å². The largest absolute Gasteiger partial charge is 0.489 e. The molecule has 0 bridgehead atoms. The predicted molar refractivity (Wildman–Crippen MR) is 105 cm³/mol. The van der Waals surface area contributed by atoms with Crippen molar-refractivity contribution in [3.8, 4) is 5.75 Å². The van der Waals surface area contributed by atoms with Crippen LogP contribution in [0.2, 0.25) is 0 Å². The zero-order valence-electron chi connectivity index (χ0n) is 16.4. The molecule has 1 aromatic heterocycles. The first-order chi connectivity index (χ1) is 13.9. The van der Waals surface area contributed by atoms with E-state index >= 15 is 0 Å². The molecule has 0 aliphatic carbocycles. The Morgan fingerprint density at radius 2 is 1.72 bits per heavy atom. The summed E-state index contributed by atoms with van der Waals surface area (Å²) in [4.78, 5) is 16.0. The quantitative estimate of drug-likeness (QED) is 0.486. The molecule has 0 amide bonds. The van der Waals surface area contributed by atoms with Crippen LogP contribution in [0.5, 0.6) is 5.75 Å². The number of halogens is 3. The Labute approximate surface area is 167 Å². The Kier molecular flexibility index (Phi) is 7.59. The summed E-state index contributed by atoms with van der Waals surface area (Å²) in [5.74, 6) is 0.0910. The van der Waals surface area contributed by atoms with E-state index in [0.717, 1.165) is 17.5 Å². The monoisotopic (exact) mass is 405 g/mol. The van der Waals surface area contributed by atoms with Gasteiger partial charge in [-0.2, -0.15) is 13.2 Å². The van der Waals surface area contributed by atoms with E-state index in [1.807, 2.05) is 13.8 Å².